The first-order valence-electron chi connectivity index (χ1n) is 9.77. The van der Waals surface area contributed by atoms with Crippen LogP contribution < -0.4 is 10.1 Å². The highest BCUT2D eigenvalue weighted by Crippen LogP contribution is 2.30. The summed E-state index contributed by atoms with van der Waals surface area (Å²) in [5, 5.41) is 8.48. The van der Waals surface area contributed by atoms with Crippen LogP contribution in [0.15, 0.2) is 67.4 Å². The molecule has 0 aliphatic rings. The summed E-state index contributed by atoms with van der Waals surface area (Å²) in [6, 6.07) is 15.7. The quantitative estimate of drug-likeness (QED) is 0.434. The van der Waals surface area contributed by atoms with Gasteiger partial charge in [-0.25, -0.2) is 19.5 Å². The SMILES string of the molecule is COCc1ccc2ncnc(Nc3ccc(Oc4ccc5ncnn5c4)c(C)c3)c2c1. The number of fused-ring (bicyclic) bond motifs is 2. The van der Waals surface area contributed by atoms with Gasteiger partial charge in [0.1, 0.15) is 30.0 Å². The van der Waals surface area contributed by atoms with Crippen LogP contribution in [0.25, 0.3) is 16.6 Å². The van der Waals surface area contributed by atoms with Gasteiger partial charge in [0.2, 0.25) is 0 Å². The minimum absolute atomic E-state index is 0.538. The molecule has 0 aliphatic heterocycles. The number of methoxy groups -OCH3 is 1. The lowest BCUT2D eigenvalue weighted by atomic mass is 10.1. The first-order valence-corrected chi connectivity index (χ1v) is 9.77. The van der Waals surface area contributed by atoms with E-state index in [0.29, 0.717) is 12.4 Å². The average Bonchev–Trinajstić information content (AvgIpc) is 3.24. The lowest BCUT2D eigenvalue weighted by Gasteiger charge is -2.13. The van der Waals surface area contributed by atoms with Gasteiger partial charge in [-0.3, -0.25) is 0 Å². The van der Waals surface area contributed by atoms with Crippen LogP contribution in [-0.2, 0) is 11.3 Å². The first kappa shape index (κ1) is 19.0. The number of hydrogen-bond donors (Lipinski definition) is 1. The molecule has 0 fully saturated rings. The Morgan fingerprint density at radius 2 is 1.90 bits per heavy atom. The van der Waals surface area contributed by atoms with Crippen molar-refractivity contribution in [2.75, 3.05) is 12.4 Å². The smallest absolute Gasteiger partial charge is 0.155 e. The zero-order chi connectivity index (χ0) is 21.2. The monoisotopic (exact) mass is 412 g/mol. The fourth-order valence-corrected chi connectivity index (χ4v) is 3.42. The highest BCUT2D eigenvalue weighted by atomic mass is 16.5. The van der Waals surface area contributed by atoms with E-state index >= 15 is 0 Å². The van der Waals surface area contributed by atoms with Crippen molar-refractivity contribution >= 4 is 28.1 Å². The molecule has 3 heterocycles. The molecule has 3 aromatic heterocycles. The maximum atomic E-state index is 6.05. The number of ether oxygens (including phenoxy) is 2. The Labute approximate surface area is 178 Å². The van der Waals surface area contributed by atoms with E-state index in [2.05, 4.69) is 25.4 Å². The molecule has 0 saturated carbocycles. The molecule has 31 heavy (non-hydrogen) atoms. The van der Waals surface area contributed by atoms with Crippen molar-refractivity contribution < 1.29 is 9.47 Å². The highest BCUT2D eigenvalue weighted by molar-refractivity contribution is 5.91. The maximum absolute atomic E-state index is 6.05. The minimum Gasteiger partial charge on any atom is -0.455 e. The molecule has 5 rings (SSSR count). The highest BCUT2D eigenvalue weighted by Gasteiger charge is 2.08. The predicted octanol–water partition coefficient (Wildman–Crippen LogP) is 4.66. The van der Waals surface area contributed by atoms with Gasteiger partial charge in [-0.05, 0) is 60.5 Å². The lowest BCUT2D eigenvalue weighted by molar-refractivity contribution is 0.185. The number of aromatic nitrogens is 5. The summed E-state index contributed by atoms with van der Waals surface area (Å²) in [6.07, 6.45) is 4.88. The molecule has 1 N–H and O–H groups in total. The zero-order valence-electron chi connectivity index (χ0n) is 17.1. The number of pyridine rings is 1. The van der Waals surface area contributed by atoms with Crippen molar-refractivity contribution in [3.63, 3.8) is 0 Å². The van der Waals surface area contributed by atoms with Crippen molar-refractivity contribution in [3.05, 3.63) is 78.5 Å². The maximum Gasteiger partial charge on any atom is 0.155 e. The van der Waals surface area contributed by atoms with E-state index < -0.39 is 0 Å². The minimum atomic E-state index is 0.538. The van der Waals surface area contributed by atoms with Crippen molar-refractivity contribution in [2.24, 2.45) is 0 Å². The second-order valence-electron chi connectivity index (χ2n) is 7.14. The molecule has 0 saturated heterocycles. The summed E-state index contributed by atoms with van der Waals surface area (Å²) in [7, 11) is 1.68. The molecule has 0 amide bonds. The Morgan fingerprint density at radius 1 is 0.968 bits per heavy atom. The fourth-order valence-electron chi connectivity index (χ4n) is 3.42. The Morgan fingerprint density at radius 3 is 2.77 bits per heavy atom. The topological polar surface area (TPSA) is 86.5 Å². The number of aryl methyl sites for hydroxylation is 1. The molecule has 0 unspecified atom stereocenters. The van der Waals surface area contributed by atoms with Gasteiger partial charge in [-0.2, -0.15) is 5.10 Å². The molecule has 0 spiro atoms. The number of anilines is 2. The predicted molar refractivity (Wildman–Crippen MR) is 118 cm³/mol. The summed E-state index contributed by atoms with van der Waals surface area (Å²) >= 11 is 0. The molecule has 8 heteroatoms. The third kappa shape index (κ3) is 3.88. The van der Waals surface area contributed by atoms with Gasteiger partial charge in [0.25, 0.3) is 0 Å². The normalized spacial score (nSPS) is 11.2. The van der Waals surface area contributed by atoms with Gasteiger partial charge in [0.05, 0.1) is 18.3 Å². The molecule has 0 atom stereocenters. The van der Waals surface area contributed by atoms with Gasteiger partial charge in [0.15, 0.2) is 5.65 Å². The standard InChI is InChI=1S/C23H20N6O2/c1-15-9-17(4-7-21(15)31-18-5-8-22-25-14-27-29(22)11-18)28-23-19-10-16(12-30-2)3-6-20(19)24-13-26-23/h3-11,13-14H,12H2,1-2H3,(H,24,26,28). The Balaban J connectivity index is 1.40. The average molecular weight is 412 g/mol. The summed E-state index contributed by atoms with van der Waals surface area (Å²) < 4.78 is 13.0. The van der Waals surface area contributed by atoms with Gasteiger partial charge in [-0.15, -0.1) is 0 Å². The summed E-state index contributed by atoms with van der Waals surface area (Å²) in [5.74, 6) is 2.20. The number of rotatable bonds is 6. The number of nitrogens with zero attached hydrogens (tertiary/aromatic N) is 5. The largest absolute Gasteiger partial charge is 0.455 e. The molecular formula is C23H20N6O2. The summed E-state index contributed by atoms with van der Waals surface area (Å²) in [6.45, 7) is 2.54. The molecule has 0 bridgehead atoms. The number of hydrogen-bond acceptors (Lipinski definition) is 7. The zero-order valence-corrected chi connectivity index (χ0v) is 17.1. The first-order chi connectivity index (χ1) is 15.2. The molecule has 5 aromatic rings. The Hall–Kier alpha value is -4.04. The molecule has 0 radical (unpaired) electrons. The van der Waals surface area contributed by atoms with Crippen LogP contribution in [0.5, 0.6) is 11.5 Å². The van der Waals surface area contributed by atoms with Crippen molar-refractivity contribution in [1.82, 2.24) is 24.6 Å². The number of benzene rings is 2. The van der Waals surface area contributed by atoms with Crippen LogP contribution in [0.4, 0.5) is 11.5 Å². The van der Waals surface area contributed by atoms with Crippen LogP contribution in [0.1, 0.15) is 11.1 Å². The van der Waals surface area contributed by atoms with Crippen LogP contribution in [0.2, 0.25) is 0 Å². The molecule has 8 nitrogen and oxygen atoms in total. The van der Waals surface area contributed by atoms with E-state index in [-0.39, 0.29) is 0 Å². The van der Waals surface area contributed by atoms with Gasteiger partial charge >= 0.3 is 0 Å². The van der Waals surface area contributed by atoms with Crippen molar-refractivity contribution in [2.45, 2.75) is 13.5 Å². The van der Waals surface area contributed by atoms with E-state index in [0.717, 1.165) is 44.9 Å². The van der Waals surface area contributed by atoms with E-state index in [1.807, 2.05) is 55.5 Å². The third-order valence-electron chi connectivity index (χ3n) is 4.92. The molecule has 154 valence electrons. The van der Waals surface area contributed by atoms with Crippen LogP contribution in [0, 0.1) is 6.92 Å². The van der Waals surface area contributed by atoms with Crippen LogP contribution in [0.3, 0.4) is 0 Å². The second-order valence-corrected chi connectivity index (χ2v) is 7.14. The summed E-state index contributed by atoms with van der Waals surface area (Å²) in [4.78, 5) is 12.9. The fraction of sp³-hybridized carbons (Fsp3) is 0.130. The second kappa shape index (κ2) is 8.00. The lowest BCUT2D eigenvalue weighted by Crippen LogP contribution is -1.98. The van der Waals surface area contributed by atoms with E-state index in [1.165, 1.54) is 6.33 Å². The Kier molecular flexibility index (Phi) is 4.89. The van der Waals surface area contributed by atoms with Crippen LogP contribution >= 0.6 is 0 Å². The number of nitrogens with one attached hydrogen (secondary N) is 1. The van der Waals surface area contributed by atoms with Crippen molar-refractivity contribution in [3.8, 4) is 11.5 Å². The molecular weight excluding hydrogens is 392 g/mol. The van der Waals surface area contributed by atoms with E-state index in [1.54, 1.807) is 24.1 Å². The van der Waals surface area contributed by atoms with Gasteiger partial charge in [0, 0.05) is 18.2 Å². The van der Waals surface area contributed by atoms with Gasteiger partial charge in [-0.1, -0.05) is 6.07 Å². The van der Waals surface area contributed by atoms with E-state index in [9.17, 15) is 0 Å². The summed E-state index contributed by atoms with van der Waals surface area (Å²) in [5.41, 5.74) is 4.61. The molecule has 2 aromatic carbocycles. The van der Waals surface area contributed by atoms with Crippen LogP contribution in [-0.4, -0.2) is 31.7 Å². The van der Waals surface area contributed by atoms with Crippen molar-refractivity contribution in [1.29, 1.82) is 0 Å². The molecule has 0 aliphatic carbocycles. The Bertz CT molecular complexity index is 1380. The van der Waals surface area contributed by atoms with Gasteiger partial charge < -0.3 is 14.8 Å². The third-order valence-corrected chi connectivity index (χ3v) is 4.92. The van der Waals surface area contributed by atoms with E-state index in [4.69, 9.17) is 9.47 Å².